The van der Waals surface area contributed by atoms with Crippen molar-refractivity contribution in [3.8, 4) is 0 Å². The summed E-state index contributed by atoms with van der Waals surface area (Å²) in [5.41, 5.74) is 1.20. The monoisotopic (exact) mass is 295 g/mol. The number of likely N-dealkylation sites (tertiary alicyclic amines) is 1. The molecule has 1 aliphatic rings. The van der Waals surface area contributed by atoms with Crippen LogP contribution < -0.4 is 0 Å². The van der Waals surface area contributed by atoms with Crippen LogP contribution in [0.25, 0.3) is 0 Å². The van der Waals surface area contributed by atoms with E-state index in [0.717, 1.165) is 18.4 Å². The smallest absolute Gasteiger partial charge is 0.326 e. The lowest BCUT2D eigenvalue weighted by molar-refractivity contribution is -0.145. The average Bonchev–Trinajstić information content (AvgIpc) is 2.40. The van der Waals surface area contributed by atoms with E-state index in [-0.39, 0.29) is 11.8 Å². The molecule has 2 unspecified atom stereocenters. The number of carbonyl (C=O) groups excluding carboxylic acids is 1. The van der Waals surface area contributed by atoms with Gasteiger partial charge in [-0.15, -0.1) is 0 Å². The Bertz CT molecular complexity index is 544. The van der Waals surface area contributed by atoms with Crippen LogP contribution in [0.2, 0.25) is 5.02 Å². The lowest BCUT2D eigenvalue weighted by Crippen LogP contribution is -2.52. The third-order valence-electron chi connectivity index (χ3n) is 3.87. The molecule has 1 heterocycles. The summed E-state index contributed by atoms with van der Waals surface area (Å²) in [6.45, 7) is 4.16. The maximum absolute atomic E-state index is 12.6. The van der Waals surface area contributed by atoms with Gasteiger partial charge in [0.25, 0.3) is 5.91 Å². The highest BCUT2D eigenvalue weighted by Crippen LogP contribution is 2.28. The Labute approximate surface area is 123 Å². The van der Waals surface area contributed by atoms with Crippen LogP contribution in [0.15, 0.2) is 18.2 Å². The second kappa shape index (κ2) is 5.83. The molecule has 2 atom stereocenters. The summed E-state index contributed by atoms with van der Waals surface area (Å²) in [5.74, 6) is -1.29. The molecule has 1 saturated heterocycles. The van der Waals surface area contributed by atoms with Crippen molar-refractivity contribution in [3.05, 3.63) is 34.3 Å². The molecule has 108 valence electrons. The van der Waals surface area contributed by atoms with Crippen LogP contribution in [0.5, 0.6) is 0 Å². The van der Waals surface area contributed by atoms with Gasteiger partial charge in [-0.25, -0.2) is 4.79 Å². The highest BCUT2D eigenvalue weighted by atomic mass is 35.5. The van der Waals surface area contributed by atoms with E-state index in [1.54, 1.807) is 12.1 Å². The number of carboxylic acids is 1. The molecule has 1 aliphatic heterocycles. The minimum Gasteiger partial charge on any atom is -0.480 e. The number of benzene rings is 1. The third-order valence-corrected chi connectivity index (χ3v) is 4.37. The van der Waals surface area contributed by atoms with Gasteiger partial charge in [-0.2, -0.15) is 0 Å². The standard InChI is InChI=1S/C15H18ClNO3/c1-9-5-3-7-11(12(9)16)14(18)17-8-4-6-10(2)13(17)15(19)20/h3,5,7,10,13H,4,6,8H2,1-2H3,(H,19,20). The first-order valence-electron chi connectivity index (χ1n) is 6.72. The predicted octanol–water partition coefficient (Wildman–Crippen LogP) is 2.97. The molecule has 1 aromatic carbocycles. The van der Waals surface area contributed by atoms with Gasteiger partial charge >= 0.3 is 5.97 Å². The molecule has 0 aromatic heterocycles. The average molecular weight is 296 g/mol. The molecule has 2 rings (SSSR count). The van der Waals surface area contributed by atoms with Crippen LogP contribution in [-0.4, -0.2) is 34.5 Å². The van der Waals surface area contributed by atoms with Crippen molar-refractivity contribution in [1.82, 2.24) is 4.90 Å². The Hall–Kier alpha value is -1.55. The Morgan fingerprint density at radius 1 is 1.40 bits per heavy atom. The number of piperidine rings is 1. The molecule has 0 aliphatic carbocycles. The summed E-state index contributed by atoms with van der Waals surface area (Å²) in [6, 6.07) is 4.47. The Morgan fingerprint density at radius 3 is 2.75 bits per heavy atom. The zero-order valence-electron chi connectivity index (χ0n) is 11.6. The van der Waals surface area contributed by atoms with E-state index in [9.17, 15) is 14.7 Å². The molecule has 0 spiro atoms. The molecule has 0 saturated carbocycles. The number of halogens is 1. The number of carboxylic acid groups (broad SMARTS) is 1. The zero-order valence-corrected chi connectivity index (χ0v) is 12.4. The van der Waals surface area contributed by atoms with Crippen molar-refractivity contribution in [2.45, 2.75) is 32.7 Å². The lowest BCUT2D eigenvalue weighted by atomic mass is 9.90. The van der Waals surface area contributed by atoms with Crippen molar-refractivity contribution >= 4 is 23.5 Å². The van der Waals surface area contributed by atoms with Crippen molar-refractivity contribution in [3.63, 3.8) is 0 Å². The van der Waals surface area contributed by atoms with E-state index in [4.69, 9.17) is 11.6 Å². The zero-order chi connectivity index (χ0) is 14.9. The predicted molar refractivity (Wildman–Crippen MR) is 77.0 cm³/mol. The molecule has 1 N–H and O–H groups in total. The van der Waals surface area contributed by atoms with E-state index in [0.29, 0.717) is 17.1 Å². The topological polar surface area (TPSA) is 57.6 Å². The number of nitrogens with zero attached hydrogens (tertiary/aromatic N) is 1. The fraction of sp³-hybridized carbons (Fsp3) is 0.467. The fourth-order valence-electron chi connectivity index (χ4n) is 2.76. The number of rotatable bonds is 2. The Balaban J connectivity index is 2.35. The fourth-order valence-corrected chi connectivity index (χ4v) is 2.97. The van der Waals surface area contributed by atoms with Gasteiger partial charge in [0.05, 0.1) is 10.6 Å². The minimum atomic E-state index is -0.950. The van der Waals surface area contributed by atoms with E-state index in [2.05, 4.69) is 0 Å². The molecular weight excluding hydrogens is 278 g/mol. The molecule has 0 bridgehead atoms. The molecule has 1 aromatic rings. The normalized spacial score (nSPS) is 22.6. The number of aliphatic carboxylic acids is 1. The summed E-state index contributed by atoms with van der Waals surface area (Å²) in [6.07, 6.45) is 1.64. The lowest BCUT2D eigenvalue weighted by Gasteiger charge is -2.37. The number of amides is 1. The van der Waals surface area contributed by atoms with E-state index in [1.807, 2.05) is 19.9 Å². The quantitative estimate of drug-likeness (QED) is 0.912. The summed E-state index contributed by atoms with van der Waals surface area (Å²) < 4.78 is 0. The van der Waals surface area contributed by atoms with Crippen LogP contribution >= 0.6 is 11.6 Å². The first kappa shape index (κ1) is 14.9. The highest BCUT2D eigenvalue weighted by Gasteiger charge is 2.37. The molecule has 4 nitrogen and oxygen atoms in total. The van der Waals surface area contributed by atoms with Crippen molar-refractivity contribution in [2.75, 3.05) is 6.54 Å². The SMILES string of the molecule is Cc1cccc(C(=O)N2CCCC(C)C2C(=O)O)c1Cl. The van der Waals surface area contributed by atoms with E-state index < -0.39 is 12.0 Å². The van der Waals surface area contributed by atoms with Crippen LogP contribution in [-0.2, 0) is 4.79 Å². The summed E-state index contributed by atoms with van der Waals surface area (Å²) >= 11 is 6.18. The highest BCUT2D eigenvalue weighted by molar-refractivity contribution is 6.34. The number of aryl methyl sites for hydroxylation is 1. The largest absolute Gasteiger partial charge is 0.480 e. The van der Waals surface area contributed by atoms with Crippen LogP contribution in [0.4, 0.5) is 0 Å². The number of hydrogen-bond acceptors (Lipinski definition) is 2. The van der Waals surface area contributed by atoms with Gasteiger partial charge < -0.3 is 10.0 Å². The summed E-state index contributed by atoms with van der Waals surface area (Å²) in [4.78, 5) is 25.5. The van der Waals surface area contributed by atoms with Gasteiger partial charge in [-0.05, 0) is 37.3 Å². The van der Waals surface area contributed by atoms with Crippen molar-refractivity contribution in [2.24, 2.45) is 5.92 Å². The minimum absolute atomic E-state index is 0.0474. The van der Waals surface area contributed by atoms with Crippen molar-refractivity contribution < 1.29 is 14.7 Å². The molecular formula is C15H18ClNO3. The van der Waals surface area contributed by atoms with Crippen molar-refractivity contribution in [1.29, 1.82) is 0 Å². The first-order valence-corrected chi connectivity index (χ1v) is 7.10. The maximum Gasteiger partial charge on any atom is 0.326 e. The number of hydrogen-bond donors (Lipinski definition) is 1. The van der Waals surface area contributed by atoms with Gasteiger partial charge in [-0.3, -0.25) is 4.79 Å². The summed E-state index contributed by atoms with van der Waals surface area (Å²) in [5, 5.41) is 9.77. The second-order valence-electron chi connectivity index (χ2n) is 5.34. The van der Waals surface area contributed by atoms with E-state index >= 15 is 0 Å². The molecule has 1 fully saturated rings. The van der Waals surface area contributed by atoms with Gasteiger partial charge in [0.1, 0.15) is 6.04 Å². The van der Waals surface area contributed by atoms with Gasteiger partial charge in [0.2, 0.25) is 0 Å². The van der Waals surface area contributed by atoms with E-state index in [1.165, 1.54) is 4.90 Å². The third kappa shape index (κ3) is 2.66. The Kier molecular flexibility index (Phi) is 4.33. The van der Waals surface area contributed by atoms with Crippen LogP contribution in [0.3, 0.4) is 0 Å². The van der Waals surface area contributed by atoms with Crippen LogP contribution in [0, 0.1) is 12.8 Å². The van der Waals surface area contributed by atoms with Gasteiger partial charge in [0, 0.05) is 6.54 Å². The van der Waals surface area contributed by atoms with Crippen LogP contribution in [0.1, 0.15) is 35.7 Å². The molecule has 0 radical (unpaired) electrons. The molecule has 5 heteroatoms. The first-order chi connectivity index (χ1) is 9.43. The van der Waals surface area contributed by atoms with Gasteiger partial charge in [-0.1, -0.05) is 30.7 Å². The number of carbonyl (C=O) groups is 2. The second-order valence-corrected chi connectivity index (χ2v) is 5.72. The Morgan fingerprint density at radius 2 is 2.10 bits per heavy atom. The molecule has 20 heavy (non-hydrogen) atoms. The maximum atomic E-state index is 12.6. The molecule has 1 amide bonds. The van der Waals surface area contributed by atoms with Gasteiger partial charge in [0.15, 0.2) is 0 Å². The summed E-state index contributed by atoms with van der Waals surface area (Å²) in [7, 11) is 0.